The molecule has 1 nitrogen and oxygen atoms in total. The van der Waals surface area contributed by atoms with Gasteiger partial charge in [0.15, 0.2) is 0 Å². The second-order valence-electron chi connectivity index (χ2n) is 2.14. The molecule has 0 fully saturated rings. The van der Waals surface area contributed by atoms with Crippen LogP contribution in [0.5, 0.6) is 0 Å². The number of benzene rings is 1. The summed E-state index contributed by atoms with van der Waals surface area (Å²) in [7, 11) is 0. The van der Waals surface area contributed by atoms with Crippen LogP contribution in [0.4, 0.5) is 5.69 Å². The molecule has 1 N–H and O–H groups in total. The Labute approximate surface area is 72.5 Å². The van der Waals surface area contributed by atoms with Gasteiger partial charge in [0.05, 0.1) is 10.6 Å². The maximum absolute atomic E-state index is 5.07. The first-order valence-electron chi connectivity index (χ1n) is 3.48. The molecule has 0 aliphatic carbocycles. The predicted molar refractivity (Wildman–Crippen MR) is 50.7 cm³/mol. The van der Waals surface area contributed by atoms with Gasteiger partial charge in [-0.15, -0.1) is 0 Å². The summed E-state index contributed by atoms with van der Waals surface area (Å²) in [6.07, 6.45) is 3.80. The molecule has 0 aliphatic heterocycles. The van der Waals surface area contributed by atoms with E-state index in [1.165, 1.54) is 0 Å². The molecule has 0 amide bonds. The fraction of sp³-hybridized carbons (Fsp3) is 0.111. The molecule has 0 unspecified atom stereocenters. The van der Waals surface area contributed by atoms with Gasteiger partial charge in [-0.1, -0.05) is 30.8 Å². The lowest BCUT2D eigenvalue weighted by Gasteiger charge is -2.01. The highest BCUT2D eigenvalue weighted by atomic mass is 32.1. The van der Waals surface area contributed by atoms with Crippen LogP contribution >= 0.6 is 12.6 Å². The van der Waals surface area contributed by atoms with E-state index in [4.69, 9.17) is 12.6 Å². The molecule has 1 aromatic carbocycles. The van der Waals surface area contributed by atoms with Crippen LogP contribution < -0.4 is 5.32 Å². The second-order valence-corrected chi connectivity index (χ2v) is 2.58. The van der Waals surface area contributed by atoms with Crippen LogP contribution in [-0.2, 0) is 0 Å². The van der Waals surface area contributed by atoms with Crippen molar-refractivity contribution in [3.63, 3.8) is 0 Å². The summed E-state index contributed by atoms with van der Waals surface area (Å²) in [6, 6.07) is 7.76. The van der Waals surface area contributed by atoms with Crippen molar-refractivity contribution in [1.29, 1.82) is 0 Å². The maximum Gasteiger partial charge on any atom is 0.0611 e. The van der Waals surface area contributed by atoms with Crippen molar-refractivity contribution < 1.29 is 0 Å². The zero-order chi connectivity index (χ0) is 8.10. The Balaban J connectivity index is 2.77. The fourth-order valence-corrected chi connectivity index (χ4v) is 0.965. The third kappa shape index (κ3) is 2.24. The second kappa shape index (κ2) is 3.98. The van der Waals surface area contributed by atoms with Crippen LogP contribution in [0.1, 0.15) is 6.92 Å². The minimum Gasteiger partial charge on any atom is -0.361 e. The monoisotopic (exact) mass is 164 g/mol. The highest BCUT2D eigenvalue weighted by molar-refractivity contribution is 7.80. The van der Waals surface area contributed by atoms with Gasteiger partial charge in [0.25, 0.3) is 0 Å². The maximum atomic E-state index is 5.07. The van der Waals surface area contributed by atoms with Crippen molar-refractivity contribution in [2.75, 3.05) is 5.32 Å². The van der Waals surface area contributed by atoms with E-state index < -0.39 is 0 Å². The lowest BCUT2D eigenvalue weighted by atomic mass is 10.3. The first-order chi connectivity index (χ1) is 5.34. The van der Waals surface area contributed by atoms with Gasteiger partial charge in [-0.3, -0.25) is 0 Å². The topological polar surface area (TPSA) is 12.0 Å². The molecule has 0 saturated heterocycles. The lowest BCUT2D eigenvalue weighted by molar-refractivity contribution is 1.42. The van der Waals surface area contributed by atoms with Gasteiger partial charge in [-0.25, -0.2) is 0 Å². The molecule has 57 valence electrons. The van der Waals surface area contributed by atoms with Crippen LogP contribution in [0.2, 0.25) is 0 Å². The van der Waals surface area contributed by atoms with Gasteiger partial charge in [0.1, 0.15) is 0 Å². The van der Waals surface area contributed by atoms with E-state index in [9.17, 15) is 0 Å². The Hall–Kier alpha value is -1.02. The van der Waals surface area contributed by atoms with Crippen molar-refractivity contribution in [2.24, 2.45) is 0 Å². The van der Waals surface area contributed by atoms with E-state index >= 15 is 0 Å². The lowest BCUT2D eigenvalue weighted by Crippen LogP contribution is -1.86. The Kier molecular flexibility index (Phi) is 2.93. The quantitative estimate of drug-likeness (QED) is 0.707. The smallest absolute Gasteiger partial charge is 0.0611 e. The van der Waals surface area contributed by atoms with E-state index in [0.29, 0.717) is 0 Å². The van der Waals surface area contributed by atoms with E-state index in [1.807, 2.05) is 43.5 Å². The van der Waals surface area contributed by atoms with Crippen molar-refractivity contribution in [3.05, 3.63) is 36.5 Å². The molecular weight excluding hydrogens is 154 g/mol. The summed E-state index contributed by atoms with van der Waals surface area (Å²) in [5.41, 5.74) is 0.987. The molecule has 0 aromatic heterocycles. The Morgan fingerprint density at radius 2 is 2.09 bits per heavy atom. The number of para-hydroxylation sites is 1. The number of hydrogen-bond acceptors (Lipinski definition) is 1. The van der Waals surface area contributed by atoms with Crippen LogP contribution in [0.15, 0.2) is 41.4 Å². The van der Waals surface area contributed by atoms with E-state index in [0.717, 1.165) is 10.6 Å². The molecule has 0 bridgehead atoms. The normalized spacial score (nSPS) is 10.3. The molecule has 1 rings (SSSR count). The SMILES string of the molecule is C/C=C/Nc1ccccc1[S]. The summed E-state index contributed by atoms with van der Waals surface area (Å²) in [6.45, 7) is 1.96. The van der Waals surface area contributed by atoms with Crippen LogP contribution in [-0.4, -0.2) is 0 Å². The number of allylic oxidation sites excluding steroid dienone is 1. The van der Waals surface area contributed by atoms with E-state index in [2.05, 4.69) is 5.32 Å². The van der Waals surface area contributed by atoms with Crippen molar-refractivity contribution in [1.82, 2.24) is 0 Å². The molecule has 0 heterocycles. The van der Waals surface area contributed by atoms with Crippen LogP contribution in [0.3, 0.4) is 0 Å². The number of nitrogens with one attached hydrogen (secondary N) is 1. The molecule has 0 spiro atoms. The fourth-order valence-electron chi connectivity index (χ4n) is 0.759. The van der Waals surface area contributed by atoms with Gasteiger partial charge in [0, 0.05) is 0 Å². The van der Waals surface area contributed by atoms with Crippen LogP contribution in [0, 0.1) is 0 Å². The average molecular weight is 164 g/mol. The Morgan fingerprint density at radius 1 is 1.36 bits per heavy atom. The minimum absolute atomic E-state index is 0.852. The zero-order valence-electron chi connectivity index (χ0n) is 6.37. The first-order valence-corrected chi connectivity index (χ1v) is 3.89. The summed E-state index contributed by atoms with van der Waals surface area (Å²) >= 11 is 5.07. The van der Waals surface area contributed by atoms with Crippen molar-refractivity contribution >= 4 is 18.3 Å². The van der Waals surface area contributed by atoms with Crippen molar-refractivity contribution in [2.45, 2.75) is 11.8 Å². The number of rotatable bonds is 2. The molecule has 1 radical (unpaired) electrons. The number of anilines is 1. The summed E-state index contributed by atoms with van der Waals surface area (Å²) in [5, 5.41) is 3.08. The molecular formula is C9H10NS. The third-order valence-electron chi connectivity index (χ3n) is 1.29. The highest BCUT2D eigenvalue weighted by Crippen LogP contribution is 2.17. The third-order valence-corrected chi connectivity index (χ3v) is 1.65. The Bertz CT molecular complexity index is 255. The standard InChI is InChI=1S/C9H10NS/c1-2-7-10-8-5-3-4-6-9(8)11/h2-7,10H,1H3/b7-2+. The molecule has 0 aliphatic rings. The molecule has 0 atom stereocenters. The van der Waals surface area contributed by atoms with Gasteiger partial charge in [0.2, 0.25) is 0 Å². The predicted octanol–water partition coefficient (Wildman–Crippen LogP) is 3.19. The van der Waals surface area contributed by atoms with E-state index in [-0.39, 0.29) is 0 Å². The minimum atomic E-state index is 0.852. The molecule has 11 heavy (non-hydrogen) atoms. The van der Waals surface area contributed by atoms with Gasteiger partial charge >= 0.3 is 0 Å². The molecule has 2 heteroatoms. The molecule has 1 aromatic rings. The van der Waals surface area contributed by atoms with Crippen molar-refractivity contribution in [3.8, 4) is 0 Å². The van der Waals surface area contributed by atoms with Gasteiger partial charge < -0.3 is 5.32 Å². The largest absolute Gasteiger partial charge is 0.361 e. The first kappa shape index (κ1) is 8.08. The number of hydrogen-bond donors (Lipinski definition) is 1. The van der Waals surface area contributed by atoms with Gasteiger partial charge in [-0.2, -0.15) is 0 Å². The molecule has 0 saturated carbocycles. The van der Waals surface area contributed by atoms with Gasteiger partial charge in [-0.05, 0) is 25.3 Å². The Morgan fingerprint density at radius 3 is 2.73 bits per heavy atom. The highest BCUT2D eigenvalue weighted by Gasteiger charge is 1.92. The summed E-state index contributed by atoms with van der Waals surface area (Å²) in [5.74, 6) is 0. The van der Waals surface area contributed by atoms with Crippen LogP contribution in [0.25, 0.3) is 0 Å². The average Bonchev–Trinajstić information content (AvgIpc) is 2.03. The summed E-state index contributed by atoms with van der Waals surface area (Å²) < 4.78 is 0. The van der Waals surface area contributed by atoms with E-state index in [1.54, 1.807) is 0 Å². The zero-order valence-corrected chi connectivity index (χ0v) is 7.19. The summed E-state index contributed by atoms with van der Waals surface area (Å²) in [4.78, 5) is 0.852.